The van der Waals surface area contributed by atoms with Gasteiger partial charge in [0.15, 0.2) is 5.82 Å². The first-order valence-electron chi connectivity index (χ1n) is 8.90. The van der Waals surface area contributed by atoms with Crippen molar-refractivity contribution in [2.45, 2.75) is 31.6 Å². The second-order valence-corrected chi connectivity index (χ2v) is 6.92. The van der Waals surface area contributed by atoms with Crippen LogP contribution in [0.1, 0.15) is 37.4 Å². The molecule has 1 saturated heterocycles. The van der Waals surface area contributed by atoms with E-state index in [9.17, 15) is 14.0 Å². The second-order valence-electron chi connectivity index (χ2n) is 6.92. The van der Waals surface area contributed by atoms with Crippen LogP contribution in [0.15, 0.2) is 18.2 Å². The zero-order valence-electron chi connectivity index (χ0n) is 14.5. The zero-order chi connectivity index (χ0) is 19.0. The fraction of sp³-hybridized carbons (Fsp3) is 0.471. The summed E-state index contributed by atoms with van der Waals surface area (Å²) in [6.45, 7) is 0.741. The van der Waals surface area contributed by atoms with Crippen molar-refractivity contribution in [3.05, 3.63) is 29.8 Å². The number of aliphatic carboxylic acids is 1. The van der Waals surface area contributed by atoms with Crippen LogP contribution in [0.25, 0.3) is 5.69 Å². The van der Waals surface area contributed by atoms with Crippen LogP contribution in [0.3, 0.4) is 0 Å². The van der Waals surface area contributed by atoms with Crippen LogP contribution >= 0.6 is 0 Å². The summed E-state index contributed by atoms with van der Waals surface area (Å²) in [5.41, 5.74) is 0.610. The van der Waals surface area contributed by atoms with Gasteiger partial charge in [0.05, 0.1) is 5.92 Å². The molecule has 2 N–H and O–H groups in total. The number of hydrogen-bond donors (Lipinski definition) is 2. The third-order valence-corrected chi connectivity index (χ3v) is 4.99. The van der Waals surface area contributed by atoms with Crippen LogP contribution in [0.4, 0.5) is 14.9 Å². The quantitative estimate of drug-likeness (QED) is 0.846. The summed E-state index contributed by atoms with van der Waals surface area (Å²) in [6.07, 6.45) is 2.80. The van der Waals surface area contributed by atoms with Crippen LogP contribution < -0.4 is 5.32 Å². The maximum Gasteiger partial charge on any atom is 0.321 e. The van der Waals surface area contributed by atoms with Gasteiger partial charge in [-0.1, -0.05) is 0 Å². The lowest BCUT2D eigenvalue weighted by atomic mass is 9.97. The molecule has 0 unspecified atom stereocenters. The number of anilines is 1. The molecule has 1 saturated carbocycles. The smallest absolute Gasteiger partial charge is 0.321 e. The minimum Gasteiger partial charge on any atom is -0.481 e. The van der Waals surface area contributed by atoms with Crippen LogP contribution in [-0.2, 0) is 4.79 Å². The summed E-state index contributed by atoms with van der Waals surface area (Å²) in [4.78, 5) is 25.0. The summed E-state index contributed by atoms with van der Waals surface area (Å²) >= 11 is 0. The van der Waals surface area contributed by atoms with E-state index >= 15 is 0 Å². The summed E-state index contributed by atoms with van der Waals surface area (Å²) in [5.74, 6) is -0.857. The molecule has 1 aromatic heterocycles. The highest BCUT2D eigenvalue weighted by atomic mass is 19.1. The number of benzene rings is 1. The number of tetrazole rings is 1. The Morgan fingerprint density at radius 3 is 2.59 bits per heavy atom. The number of nitrogens with zero attached hydrogens (tertiary/aromatic N) is 5. The first kappa shape index (κ1) is 17.4. The lowest BCUT2D eigenvalue weighted by Gasteiger charge is -2.30. The van der Waals surface area contributed by atoms with Gasteiger partial charge in [-0.3, -0.25) is 4.79 Å². The van der Waals surface area contributed by atoms with Crippen molar-refractivity contribution in [3.63, 3.8) is 0 Å². The van der Waals surface area contributed by atoms with Crippen LogP contribution in [0.5, 0.6) is 0 Å². The number of rotatable bonds is 4. The van der Waals surface area contributed by atoms with Gasteiger partial charge >= 0.3 is 12.0 Å². The number of nitrogens with one attached hydrogen (secondary N) is 1. The van der Waals surface area contributed by atoms with Crippen molar-refractivity contribution in [1.29, 1.82) is 0 Å². The molecular formula is C17H19FN6O3. The molecule has 0 spiro atoms. The Hall–Kier alpha value is -3.04. The van der Waals surface area contributed by atoms with Crippen LogP contribution in [0.2, 0.25) is 0 Å². The number of urea groups is 1. The van der Waals surface area contributed by atoms with E-state index < -0.39 is 17.7 Å². The average Bonchev–Trinajstić information content (AvgIpc) is 3.40. The van der Waals surface area contributed by atoms with Gasteiger partial charge in [0.2, 0.25) is 0 Å². The molecule has 2 aliphatic rings. The highest BCUT2D eigenvalue weighted by Gasteiger charge is 2.31. The highest BCUT2D eigenvalue weighted by Crippen LogP contribution is 2.39. The number of carboxylic acids is 1. The standard InChI is InChI=1S/C17H19FN6O3/c18-13-4-3-12(9-14(13)24-15(10-1-2-10)20-21-22-24)19-17(27)23-7-5-11(6-8-23)16(25)26/h3-4,9-11H,1-2,5-8H2,(H,19,27)(H,25,26). The molecule has 0 atom stereocenters. The number of halogens is 1. The molecule has 0 bridgehead atoms. The van der Waals surface area contributed by atoms with Gasteiger partial charge in [-0.15, -0.1) is 5.10 Å². The first-order chi connectivity index (χ1) is 13.0. The Bertz CT molecular complexity index is 873. The fourth-order valence-corrected chi connectivity index (χ4v) is 3.25. The Morgan fingerprint density at radius 2 is 1.93 bits per heavy atom. The van der Waals surface area contributed by atoms with E-state index in [1.54, 1.807) is 4.90 Å². The van der Waals surface area contributed by atoms with Crippen molar-refractivity contribution in [3.8, 4) is 5.69 Å². The number of carbonyl (C=O) groups is 2. The minimum atomic E-state index is -0.828. The van der Waals surface area contributed by atoms with E-state index in [0.29, 0.717) is 37.4 Å². The van der Waals surface area contributed by atoms with Crippen molar-refractivity contribution in [1.82, 2.24) is 25.1 Å². The second kappa shape index (κ2) is 6.93. The Morgan fingerprint density at radius 1 is 1.19 bits per heavy atom. The normalized spacial score (nSPS) is 17.7. The van der Waals surface area contributed by atoms with Gasteiger partial charge in [-0.2, -0.15) is 4.68 Å². The molecule has 1 aromatic carbocycles. The number of carbonyl (C=O) groups excluding carboxylic acids is 1. The van der Waals surface area contributed by atoms with Gasteiger partial charge in [0.25, 0.3) is 0 Å². The molecular weight excluding hydrogens is 355 g/mol. The van der Waals surface area contributed by atoms with E-state index in [1.807, 2.05) is 0 Å². The van der Waals surface area contributed by atoms with E-state index in [-0.39, 0.29) is 17.6 Å². The van der Waals surface area contributed by atoms with Gasteiger partial charge in [-0.05, 0) is 54.3 Å². The molecule has 0 radical (unpaired) electrons. The number of piperidine rings is 1. The number of aromatic nitrogens is 4. The fourth-order valence-electron chi connectivity index (χ4n) is 3.25. The van der Waals surface area contributed by atoms with Gasteiger partial charge in [-0.25, -0.2) is 9.18 Å². The highest BCUT2D eigenvalue weighted by molar-refractivity contribution is 5.89. The van der Waals surface area contributed by atoms with Gasteiger partial charge < -0.3 is 15.3 Å². The Balaban J connectivity index is 1.48. The third kappa shape index (κ3) is 3.60. The van der Waals surface area contributed by atoms with Crippen molar-refractivity contribution in [2.24, 2.45) is 5.92 Å². The number of amides is 2. The topological polar surface area (TPSA) is 113 Å². The lowest BCUT2D eigenvalue weighted by Crippen LogP contribution is -2.42. The number of likely N-dealkylation sites (tertiary alicyclic amines) is 1. The molecule has 1 aliphatic heterocycles. The molecule has 9 nitrogen and oxygen atoms in total. The number of carboxylic acid groups (broad SMARTS) is 1. The van der Waals surface area contributed by atoms with Crippen molar-refractivity contribution in [2.75, 3.05) is 18.4 Å². The predicted molar refractivity (Wildman–Crippen MR) is 92.0 cm³/mol. The van der Waals surface area contributed by atoms with Crippen LogP contribution in [0, 0.1) is 11.7 Å². The lowest BCUT2D eigenvalue weighted by molar-refractivity contribution is -0.143. The van der Waals surface area contributed by atoms with E-state index in [2.05, 4.69) is 20.8 Å². The zero-order valence-corrected chi connectivity index (χ0v) is 14.5. The molecule has 142 valence electrons. The molecule has 2 heterocycles. The SMILES string of the molecule is O=C(O)C1CCN(C(=O)Nc2ccc(F)c(-n3nnnc3C3CC3)c2)CC1. The Labute approximate surface area is 154 Å². The average molecular weight is 374 g/mol. The third-order valence-electron chi connectivity index (χ3n) is 4.99. The molecule has 27 heavy (non-hydrogen) atoms. The summed E-state index contributed by atoms with van der Waals surface area (Å²) in [7, 11) is 0. The maximum absolute atomic E-state index is 14.3. The van der Waals surface area contributed by atoms with Gasteiger partial charge in [0, 0.05) is 24.7 Å². The van der Waals surface area contributed by atoms with E-state index in [0.717, 1.165) is 12.8 Å². The maximum atomic E-state index is 14.3. The summed E-state index contributed by atoms with van der Waals surface area (Å²) in [5, 5.41) is 23.3. The largest absolute Gasteiger partial charge is 0.481 e. The molecule has 2 aromatic rings. The predicted octanol–water partition coefficient (Wildman–Crippen LogP) is 2.01. The monoisotopic (exact) mass is 374 g/mol. The van der Waals surface area contributed by atoms with Gasteiger partial charge in [0.1, 0.15) is 11.5 Å². The first-order valence-corrected chi connectivity index (χ1v) is 8.90. The Kier molecular flexibility index (Phi) is 4.46. The summed E-state index contributed by atoms with van der Waals surface area (Å²) < 4.78 is 15.7. The molecule has 1 aliphatic carbocycles. The molecule has 10 heteroatoms. The van der Waals surface area contributed by atoms with Crippen molar-refractivity contribution < 1.29 is 19.1 Å². The van der Waals surface area contributed by atoms with Crippen LogP contribution in [-0.4, -0.2) is 55.3 Å². The molecule has 2 amide bonds. The minimum absolute atomic E-state index is 0.185. The summed E-state index contributed by atoms with van der Waals surface area (Å²) in [6, 6.07) is 3.90. The number of hydrogen-bond acceptors (Lipinski definition) is 5. The van der Waals surface area contributed by atoms with E-state index in [4.69, 9.17) is 5.11 Å². The van der Waals surface area contributed by atoms with E-state index in [1.165, 1.54) is 22.9 Å². The van der Waals surface area contributed by atoms with Crippen molar-refractivity contribution >= 4 is 17.7 Å². The molecule has 4 rings (SSSR count). The molecule has 2 fully saturated rings.